The van der Waals surface area contributed by atoms with Gasteiger partial charge in [0.05, 0.1) is 23.1 Å². The summed E-state index contributed by atoms with van der Waals surface area (Å²) in [6, 6.07) is 11.5. The summed E-state index contributed by atoms with van der Waals surface area (Å²) in [6.45, 7) is 5.46. The molecule has 9 heteroatoms. The third kappa shape index (κ3) is 5.25. The molecule has 2 heterocycles. The maximum Gasteiger partial charge on any atom is 0.264 e. The standard InChI is InChI=1S/C35H43ClN2O5S/c1-22-5-3-16-35(40,27-9-10-27)30-12-7-26(30)19-38-20-34(15-4-6-24-17-28(36)11-13-29(24)34)21-43-32-14-8-25(18-31(32)38)33(39)37-44(41,42)23(22)2/h3,8,11,13-14,16-18,22-23,26-27,30,40H,4-7,9-10,12,15,19-21H2,1-2H3,(H,37,39)/b16-3-/t22-,23+,26-,30+,34-,35-/m0/s1. The molecular formula is C35H43ClN2O5S. The van der Waals surface area contributed by atoms with Crippen LogP contribution in [-0.2, 0) is 21.9 Å². The molecule has 2 N–H and O–H groups in total. The number of benzene rings is 2. The van der Waals surface area contributed by atoms with E-state index >= 15 is 0 Å². The van der Waals surface area contributed by atoms with Crippen LogP contribution in [0.3, 0.4) is 0 Å². The van der Waals surface area contributed by atoms with Gasteiger partial charge < -0.3 is 14.7 Å². The Labute approximate surface area is 266 Å². The molecule has 1 amide bonds. The minimum absolute atomic E-state index is 0.128. The predicted molar refractivity (Wildman–Crippen MR) is 173 cm³/mol. The molecule has 6 atom stereocenters. The van der Waals surface area contributed by atoms with Gasteiger partial charge in [0, 0.05) is 29.1 Å². The molecule has 7 rings (SSSR count). The summed E-state index contributed by atoms with van der Waals surface area (Å²) < 4.78 is 35.5. The number of carbonyl (C=O) groups is 1. The number of rotatable bonds is 1. The summed E-state index contributed by atoms with van der Waals surface area (Å²) in [5, 5.41) is 12.2. The number of anilines is 1. The highest BCUT2D eigenvalue weighted by atomic mass is 35.5. The number of ether oxygens (including phenoxy) is 1. The molecule has 0 saturated heterocycles. The number of sulfonamides is 1. The van der Waals surface area contributed by atoms with Crippen molar-refractivity contribution < 1.29 is 23.1 Å². The Kier molecular flexibility index (Phi) is 7.57. The number of fused-ring (bicyclic) bond motifs is 4. The molecule has 1 spiro atoms. The Bertz CT molecular complexity index is 1610. The van der Waals surface area contributed by atoms with Crippen molar-refractivity contribution in [2.75, 3.05) is 24.6 Å². The Morgan fingerprint density at radius 1 is 1.09 bits per heavy atom. The zero-order chi connectivity index (χ0) is 30.9. The van der Waals surface area contributed by atoms with Crippen LogP contribution in [0.25, 0.3) is 0 Å². The highest BCUT2D eigenvalue weighted by Gasteiger charge is 2.54. The number of aryl methyl sites for hydroxylation is 1. The van der Waals surface area contributed by atoms with Crippen molar-refractivity contribution in [1.29, 1.82) is 0 Å². The van der Waals surface area contributed by atoms with Gasteiger partial charge >= 0.3 is 0 Å². The summed E-state index contributed by atoms with van der Waals surface area (Å²) in [5.41, 5.74) is 2.46. The quantitative estimate of drug-likeness (QED) is 0.371. The molecule has 3 aliphatic carbocycles. The largest absolute Gasteiger partial charge is 0.490 e. The van der Waals surface area contributed by atoms with Crippen LogP contribution in [0.2, 0.25) is 5.02 Å². The fourth-order valence-electron chi connectivity index (χ4n) is 8.29. The van der Waals surface area contributed by atoms with E-state index in [0.717, 1.165) is 62.2 Å². The Balaban J connectivity index is 1.32. The zero-order valence-corrected chi connectivity index (χ0v) is 27.2. The van der Waals surface area contributed by atoms with E-state index in [1.165, 1.54) is 11.1 Å². The molecule has 2 aliphatic heterocycles. The third-order valence-electron chi connectivity index (χ3n) is 11.4. The molecule has 0 aromatic heterocycles. The van der Waals surface area contributed by atoms with Gasteiger partial charge in [-0.25, -0.2) is 13.1 Å². The van der Waals surface area contributed by atoms with E-state index in [2.05, 4.69) is 21.8 Å². The van der Waals surface area contributed by atoms with Crippen LogP contribution in [0, 0.1) is 23.7 Å². The highest BCUT2D eigenvalue weighted by molar-refractivity contribution is 7.90. The van der Waals surface area contributed by atoms with Gasteiger partial charge in [-0.3, -0.25) is 4.79 Å². The summed E-state index contributed by atoms with van der Waals surface area (Å²) in [6.07, 6.45) is 11.5. The minimum Gasteiger partial charge on any atom is -0.490 e. The Hall–Kier alpha value is -2.55. The molecule has 2 saturated carbocycles. The maximum atomic E-state index is 13.4. The van der Waals surface area contributed by atoms with E-state index in [1.807, 2.05) is 31.2 Å². The van der Waals surface area contributed by atoms with E-state index in [1.54, 1.807) is 19.1 Å². The Morgan fingerprint density at radius 3 is 2.66 bits per heavy atom. The maximum absolute atomic E-state index is 13.4. The molecule has 2 fully saturated rings. The van der Waals surface area contributed by atoms with Crippen molar-refractivity contribution in [3.8, 4) is 5.75 Å². The molecule has 236 valence electrons. The van der Waals surface area contributed by atoms with Gasteiger partial charge in [-0.05, 0) is 123 Å². The second-order valence-electron chi connectivity index (χ2n) is 14.2. The van der Waals surface area contributed by atoms with Gasteiger partial charge in [0.1, 0.15) is 5.75 Å². The minimum atomic E-state index is -3.93. The number of aliphatic hydroxyl groups is 1. The first-order valence-electron chi connectivity index (χ1n) is 16.3. The van der Waals surface area contributed by atoms with Crippen LogP contribution < -0.4 is 14.4 Å². The smallest absolute Gasteiger partial charge is 0.264 e. The van der Waals surface area contributed by atoms with Gasteiger partial charge in [0.15, 0.2) is 0 Å². The number of hydrogen-bond donors (Lipinski definition) is 2. The van der Waals surface area contributed by atoms with Gasteiger partial charge in [-0.1, -0.05) is 36.7 Å². The number of nitrogens with one attached hydrogen (secondary N) is 1. The first-order valence-corrected chi connectivity index (χ1v) is 18.2. The number of hydrogen-bond acceptors (Lipinski definition) is 6. The van der Waals surface area contributed by atoms with E-state index in [9.17, 15) is 18.3 Å². The first-order chi connectivity index (χ1) is 21.0. The molecule has 2 aromatic carbocycles. The molecule has 5 aliphatic rings. The normalized spacial score (nSPS) is 35.7. The highest BCUT2D eigenvalue weighted by Crippen LogP contribution is 2.54. The lowest BCUT2D eigenvalue weighted by molar-refractivity contribution is -0.0606. The van der Waals surface area contributed by atoms with E-state index in [0.29, 0.717) is 30.9 Å². The van der Waals surface area contributed by atoms with Crippen molar-refractivity contribution in [1.82, 2.24) is 4.72 Å². The second kappa shape index (κ2) is 11.1. The van der Waals surface area contributed by atoms with Crippen molar-refractivity contribution in [2.45, 2.75) is 81.5 Å². The molecule has 2 aromatic rings. The summed E-state index contributed by atoms with van der Waals surface area (Å²) in [4.78, 5) is 15.8. The van der Waals surface area contributed by atoms with Crippen molar-refractivity contribution in [3.63, 3.8) is 0 Å². The fraction of sp³-hybridized carbons (Fsp3) is 0.571. The van der Waals surface area contributed by atoms with Crippen molar-refractivity contribution >= 4 is 33.2 Å². The lowest BCUT2D eigenvalue weighted by Crippen LogP contribution is -2.53. The third-order valence-corrected chi connectivity index (χ3v) is 13.6. The van der Waals surface area contributed by atoms with Crippen LogP contribution in [0.5, 0.6) is 5.75 Å². The van der Waals surface area contributed by atoms with Gasteiger partial charge in [-0.15, -0.1) is 0 Å². The SMILES string of the molecule is C[C@@H]1[C@@H](C)C/C=C\[C@](O)(C2CC2)[C@@H]2CC[C@H]2CN2C[C@@]3(CCCc4cc(Cl)ccc43)COc3ccc(cc32)C(=O)NS1(=O)=O. The average molecular weight is 639 g/mol. The van der Waals surface area contributed by atoms with Gasteiger partial charge in [0.25, 0.3) is 5.91 Å². The van der Waals surface area contributed by atoms with Crippen LogP contribution in [0.1, 0.15) is 80.3 Å². The van der Waals surface area contributed by atoms with Gasteiger partial charge in [0.2, 0.25) is 10.0 Å². The van der Waals surface area contributed by atoms with E-state index in [-0.39, 0.29) is 29.1 Å². The molecule has 0 radical (unpaired) electrons. The molecule has 2 bridgehead atoms. The second-order valence-corrected chi connectivity index (χ2v) is 16.7. The summed E-state index contributed by atoms with van der Waals surface area (Å²) in [5.74, 6) is 0.487. The molecular weight excluding hydrogens is 596 g/mol. The van der Waals surface area contributed by atoms with Crippen LogP contribution >= 0.6 is 11.6 Å². The topological polar surface area (TPSA) is 95.9 Å². The molecule has 0 unspecified atom stereocenters. The number of nitrogens with zero attached hydrogens (tertiary/aromatic N) is 1. The van der Waals surface area contributed by atoms with E-state index in [4.69, 9.17) is 16.3 Å². The number of amides is 1. The van der Waals surface area contributed by atoms with Gasteiger partial charge in [-0.2, -0.15) is 0 Å². The predicted octanol–water partition coefficient (Wildman–Crippen LogP) is 6.02. The van der Waals surface area contributed by atoms with Crippen LogP contribution in [0.15, 0.2) is 48.6 Å². The zero-order valence-electron chi connectivity index (χ0n) is 25.6. The Morgan fingerprint density at radius 2 is 1.91 bits per heavy atom. The van der Waals surface area contributed by atoms with Crippen LogP contribution in [0.4, 0.5) is 5.69 Å². The number of halogens is 1. The molecule has 7 nitrogen and oxygen atoms in total. The van der Waals surface area contributed by atoms with Crippen LogP contribution in [-0.4, -0.2) is 50.0 Å². The van der Waals surface area contributed by atoms with Crippen molar-refractivity contribution in [2.24, 2.45) is 23.7 Å². The van der Waals surface area contributed by atoms with Crippen molar-refractivity contribution in [3.05, 3.63) is 70.3 Å². The van der Waals surface area contributed by atoms with E-state index < -0.39 is 26.8 Å². The number of carbonyl (C=O) groups excluding carboxylic acids is 1. The lowest BCUT2D eigenvalue weighted by Gasteiger charge is -2.49. The summed E-state index contributed by atoms with van der Waals surface area (Å²) in [7, 11) is -3.93. The lowest BCUT2D eigenvalue weighted by atomic mass is 9.62. The fourth-order valence-corrected chi connectivity index (χ4v) is 9.77. The monoisotopic (exact) mass is 638 g/mol. The average Bonchev–Trinajstić information content (AvgIpc) is 3.83. The molecule has 44 heavy (non-hydrogen) atoms. The summed E-state index contributed by atoms with van der Waals surface area (Å²) >= 11 is 6.42. The number of allylic oxidation sites excluding steroid dienone is 1. The first kappa shape index (κ1) is 30.1.